The molecule has 0 saturated carbocycles. The maximum atomic E-state index is 11.7. The van der Waals surface area contributed by atoms with Crippen molar-refractivity contribution in [3.05, 3.63) is 34.9 Å². The minimum atomic E-state index is -1.35. The molecule has 0 saturated heterocycles. The molecule has 0 fully saturated rings. The summed E-state index contributed by atoms with van der Waals surface area (Å²) in [7, 11) is 0. The van der Waals surface area contributed by atoms with E-state index >= 15 is 0 Å². The molecule has 2 rings (SSSR count). The van der Waals surface area contributed by atoms with Gasteiger partial charge in [-0.25, -0.2) is 0 Å². The maximum absolute atomic E-state index is 11.7. The Morgan fingerprint density at radius 2 is 1.72 bits per heavy atom. The molecule has 4 unspecified atom stereocenters. The van der Waals surface area contributed by atoms with Gasteiger partial charge in [-0.1, -0.05) is 18.2 Å². The van der Waals surface area contributed by atoms with Crippen LogP contribution in [0.5, 0.6) is 0 Å². The average Bonchev–Trinajstić information content (AvgIpc) is 2.50. The summed E-state index contributed by atoms with van der Waals surface area (Å²) in [5, 5.41) is 37.5. The van der Waals surface area contributed by atoms with E-state index in [1.165, 1.54) is 0 Å². The van der Waals surface area contributed by atoms with Crippen molar-refractivity contribution in [2.24, 2.45) is 11.8 Å². The quantitative estimate of drug-likeness (QED) is 0.603. The van der Waals surface area contributed by atoms with Gasteiger partial charge in [-0.05, 0) is 36.0 Å². The summed E-state index contributed by atoms with van der Waals surface area (Å²) in [5.41, 5.74) is 1.22. The summed E-state index contributed by atoms with van der Waals surface area (Å²) in [6.07, 6.45) is -0.912. The fourth-order valence-corrected chi connectivity index (χ4v) is 3.70. The highest BCUT2D eigenvalue weighted by Crippen LogP contribution is 2.48. The molecule has 25 heavy (non-hydrogen) atoms. The van der Waals surface area contributed by atoms with E-state index in [-0.39, 0.29) is 12.0 Å². The lowest BCUT2D eigenvalue weighted by Gasteiger charge is -2.37. The SMILES string of the molecule is Cc1cccc2c1C(C(=O)O)C(C(=O)O)CC2C(CC(=O)O)C(=O)O. The van der Waals surface area contributed by atoms with Gasteiger partial charge in [0, 0.05) is 0 Å². The maximum Gasteiger partial charge on any atom is 0.311 e. The van der Waals surface area contributed by atoms with Crippen LogP contribution in [0.1, 0.15) is 41.4 Å². The molecule has 1 aromatic carbocycles. The molecule has 0 bridgehead atoms. The molecule has 0 aliphatic heterocycles. The van der Waals surface area contributed by atoms with Crippen molar-refractivity contribution in [1.29, 1.82) is 0 Å². The van der Waals surface area contributed by atoms with Gasteiger partial charge in [-0.15, -0.1) is 0 Å². The Morgan fingerprint density at radius 1 is 1.08 bits per heavy atom. The second-order valence-electron chi connectivity index (χ2n) is 6.22. The van der Waals surface area contributed by atoms with Crippen molar-refractivity contribution in [1.82, 2.24) is 0 Å². The normalized spacial score (nSPS) is 23.3. The van der Waals surface area contributed by atoms with Crippen molar-refractivity contribution < 1.29 is 39.6 Å². The Morgan fingerprint density at radius 3 is 2.20 bits per heavy atom. The van der Waals surface area contributed by atoms with Crippen molar-refractivity contribution in [3.63, 3.8) is 0 Å². The lowest BCUT2D eigenvalue weighted by molar-refractivity contribution is -0.153. The molecule has 4 atom stereocenters. The summed E-state index contributed by atoms with van der Waals surface area (Å²) in [5.74, 6) is -10.2. The van der Waals surface area contributed by atoms with E-state index < -0.39 is 54.0 Å². The largest absolute Gasteiger partial charge is 0.481 e. The monoisotopic (exact) mass is 350 g/mol. The van der Waals surface area contributed by atoms with E-state index in [2.05, 4.69) is 0 Å². The van der Waals surface area contributed by atoms with Crippen LogP contribution in [0.2, 0.25) is 0 Å². The average molecular weight is 350 g/mol. The van der Waals surface area contributed by atoms with Crippen LogP contribution in [-0.2, 0) is 19.2 Å². The fraction of sp³-hybridized carbons (Fsp3) is 0.412. The molecular weight excluding hydrogens is 332 g/mol. The third kappa shape index (κ3) is 3.47. The summed E-state index contributed by atoms with van der Waals surface area (Å²) in [6.45, 7) is 1.63. The minimum Gasteiger partial charge on any atom is -0.481 e. The van der Waals surface area contributed by atoms with E-state index in [0.717, 1.165) is 0 Å². The lowest BCUT2D eigenvalue weighted by Crippen LogP contribution is -2.38. The van der Waals surface area contributed by atoms with Crippen LogP contribution in [-0.4, -0.2) is 44.3 Å². The highest BCUT2D eigenvalue weighted by atomic mass is 16.4. The van der Waals surface area contributed by atoms with Gasteiger partial charge in [0.2, 0.25) is 0 Å². The van der Waals surface area contributed by atoms with Crippen LogP contribution < -0.4 is 0 Å². The molecule has 1 aliphatic carbocycles. The van der Waals surface area contributed by atoms with Gasteiger partial charge in [0.1, 0.15) is 0 Å². The molecule has 134 valence electrons. The smallest absolute Gasteiger partial charge is 0.311 e. The Hall–Kier alpha value is -2.90. The van der Waals surface area contributed by atoms with Gasteiger partial charge in [0.15, 0.2) is 0 Å². The summed E-state index contributed by atoms with van der Waals surface area (Å²) < 4.78 is 0. The van der Waals surface area contributed by atoms with Crippen LogP contribution in [0.3, 0.4) is 0 Å². The first kappa shape index (κ1) is 18.4. The zero-order valence-electron chi connectivity index (χ0n) is 13.4. The predicted octanol–water partition coefficient (Wildman–Crippen LogP) is 1.53. The molecule has 0 spiro atoms. The molecule has 1 aliphatic rings. The molecule has 0 heterocycles. The van der Waals surface area contributed by atoms with Gasteiger partial charge in [0.25, 0.3) is 0 Å². The number of rotatable bonds is 6. The minimum absolute atomic E-state index is 0.243. The van der Waals surface area contributed by atoms with Crippen LogP contribution in [0, 0.1) is 18.8 Å². The second-order valence-corrected chi connectivity index (χ2v) is 6.22. The molecule has 1 aromatic rings. The standard InChI is InChI=1S/C17H18O8/c1-7-3-2-4-8-9(10(15(20)21)6-12(18)19)5-11(16(22)23)14(13(7)8)17(24)25/h2-4,9-11,14H,5-6H2,1H3,(H,18,19)(H,20,21)(H,22,23)(H,24,25). The number of fused-ring (bicyclic) bond motifs is 1. The zero-order chi connectivity index (χ0) is 18.9. The number of carboxylic acids is 4. The van der Waals surface area contributed by atoms with Crippen molar-refractivity contribution >= 4 is 23.9 Å². The topological polar surface area (TPSA) is 149 Å². The van der Waals surface area contributed by atoms with Crippen molar-refractivity contribution in [3.8, 4) is 0 Å². The summed E-state index contributed by atoms with van der Waals surface area (Å²) >= 11 is 0. The number of aliphatic carboxylic acids is 4. The number of hydrogen-bond acceptors (Lipinski definition) is 4. The Labute approximate surface area is 142 Å². The van der Waals surface area contributed by atoms with E-state index in [9.17, 15) is 34.5 Å². The Balaban J connectivity index is 2.66. The van der Waals surface area contributed by atoms with Crippen LogP contribution in [0.4, 0.5) is 0 Å². The number of carboxylic acid groups (broad SMARTS) is 4. The lowest BCUT2D eigenvalue weighted by atomic mass is 9.65. The van der Waals surface area contributed by atoms with Gasteiger partial charge in [-0.3, -0.25) is 19.2 Å². The number of aryl methyl sites for hydroxylation is 1. The third-order valence-electron chi connectivity index (χ3n) is 4.76. The Kier molecular flexibility index (Phi) is 5.10. The van der Waals surface area contributed by atoms with Gasteiger partial charge in [0.05, 0.1) is 24.2 Å². The first-order valence-electron chi connectivity index (χ1n) is 7.64. The molecule has 4 N–H and O–H groups in total. The highest BCUT2D eigenvalue weighted by Gasteiger charge is 2.47. The zero-order valence-corrected chi connectivity index (χ0v) is 13.4. The van der Waals surface area contributed by atoms with Crippen LogP contribution in [0.15, 0.2) is 18.2 Å². The molecule has 8 heteroatoms. The Bertz CT molecular complexity index is 738. The molecular formula is C17H18O8. The fourth-order valence-electron chi connectivity index (χ4n) is 3.70. The molecule has 0 aromatic heterocycles. The van der Waals surface area contributed by atoms with Gasteiger partial charge < -0.3 is 20.4 Å². The number of benzene rings is 1. The summed E-state index contributed by atoms with van der Waals surface area (Å²) in [6, 6.07) is 4.81. The predicted molar refractivity (Wildman–Crippen MR) is 83.4 cm³/mol. The molecule has 0 radical (unpaired) electrons. The number of carbonyl (C=O) groups is 4. The van der Waals surface area contributed by atoms with E-state index in [4.69, 9.17) is 5.11 Å². The van der Waals surface area contributed by atoms with E-state index in [0.29, 0.717) is 11.1 Å². The number of hydrogen-bond donors (Lipinski definition) is 4. The molecule has 8 nitrogen and oxygen atoms in total. The third-order valence-corrected chi connectivity index (χ3v) is 4.76. The van der Waals surface area contributed by atoms with E-state index in [1.807, 2.05) is 0 Å². The molecule has 0 amide bonds. The summed E-state index contributed by atoms with van der Waals surface area (Å²) in [4.78, 5) is 46.0. The first-order valence-corrected chi connectivity index (χ1v) is 7.64. The highest BCUT2D eigenvalue weighted by molar-refractivity contribution is 5.87. The van der Waals surface area contributed by atoms with Crippen molar-refractivity contribution in [2.75, 3.05) is 0 Å². The van der Waals surface area contributed by atoms with Crippen molar-refractivity contribution in [2.45, 2.75) is 31.6 Å². The van der Waals surface area contributed by atoms with Crippen LogP contribution >= 0.6 is 0 Å². The second kappa shape index (κ2) is 6.92. The van der Waals surface area contributed by atoms with Gasteiger partial charge >= 0.3 is 23.9 Å². The van der Waals surface area contributed by atoms with E-state index in [1.54, 1.807) is 25.1 Å². The van der Waals surface area contributed by atoms with Gasteiger partial charge in [-0.2, -0.15) is 0 Å². The van der Waals surface area contributed by atoms with Crippen LogP contribution in [0.25, 0.3) is 0 Å². The first-order chi connectivity index (χ1) is 11.6.